The number of rotatable bonds is 7. The molecule has 5 nitrogen and oxygen atoms in total. The zero-order chi connectivity index (χ0) is 15.9. The van der Waals surface area contributed by atoms with Crippen LogP contribution in [0.1, 0.15) is 46.3 Å². The SMILES string of the molecule is CC(CCO)CNC(=O)CNC(=O)c1cc2c(s1)CCCC2. The van der Waals surface area contributed by atoms with Crippen LogP contribution >= 0.6 is 11.3 Å². The van der Waals surface area contributed by atoms with Crippen molar-refractivity contribution >= 4 is 23.2 Å². The predicted octanol–water partition coefficient (Wildman–Crippen LogP) is 1.49. The van der Waals surface area contributed by atoms with E-state index in [1.54, 1.807) is 11.3 Å². The monoisotopic (exact) mass is 324 g/mol. The van der Waals surface area contributed by atoms with Crippen LogP contribution < -0.4 is 10.6 Å². The molecule has 1 aliphatic rings. The molecule has 0 bridgehead atoms. The van der Waals surface area contributed by atoms with E-state index in [1.807, 2.05) is 13.0 Å². The van der Waals surface area contributed by atoms with Gasteiger partial charge in [0.2, 0.25) is 5.91 Å². The third-order valence-electron chi connectivity index (χ3n) is 3.90. The van der Waals surface area contributed by atoms with Gasteiger partial charge < -0.3 is 15.7 Å². The second kappa shape index (κ2) is 8.29. The number of fused-ring (bicyclic) bond motifs is 1. The van der Waals surface area contributed by atoms with Gasteiger partial charge in [-0.25, -0.2) is 0 Å². The maximum atomic E-state index is 12.1. The zero-order valence-electron chi connectivity index (χ0n) is 13.0. The third-order valence-corrected chi connectivity index (χ3v) is 5.14. The van der Waals surface area contributed by atoms with Crippen molar-refractivity contribution in [3.8, 4) is 0 Å². The normalized spacial score (nSPS) is 15.0. The molecule has 0 fully saturated rings. The Morgan fingerprint density at radius 2 is 2.09 bits per heavy atom. The Balaban J connectivity index is 1.75. The topological polar surface area (TPSA) is 78.4 Å². The van der Waals surface area contributed by atoms with Crippen LogP contribution in [0.3, 0.4) is 0 Å². The number of amides is 2. The average molecular weight is 324 g/mol. The van der Waals surface area contributed by atoms with Crippen LogP contribution in [-0.2, 0) is 17.6 Å². The molecule has 0 spiro atoms. The quantitative estimate of drug-likeness (QED) is 0.711. The van der Waals surface area contributed by atoms with E-state index in [0.29, 0.717) is 17.8 Å². The summed E-state index contributed by atoms with van der Waals surface area (Å²) >= 11 is 1.55. The molecule has 0 radical (unpaired) electrons. The molecule has 2 amide bonds. The van der Waals surface area contributed by atoms with Gasteiger partial charge in [-0.05, 0) is 49.7 Å². The lowest BCUT2D eigenvalue weighted by Gasteiger charge is -2.11. The number of hydrogen-bond donors (Lipinski definition) is 3. The van der Waals surface area contributed by atoms with Crippen molar-refractivity contribution in [1.82, 2.24) is 10.6 Å². The van der Waals surface area contributed by atoms with Gasteiger partial charge in [0.25, 0.3) is 5.91 Å². The van der Waals surface area contributed by atoms with Crippen molar-refractivity contribution in [2.75, 3.05) is 19.7 Å². The molecule has 1 heterocycles. The number of carbonyl (C=O) groups is 2. The summed E-state index contributed by atoms with van der Waals surface area (Å²) < 4.78 is 0. The molecule has 1 aromatic heterocycles. The van der Waals surface area contributed by atoms with E-state index in [2.05, 4.69) is 10.6 Å². The number of aliphatic hydroxyl groups excluding tert-OH is 1. The molecule has 1 aromatic rings. The van der Waals surface area contributed by atoms with Gasteiger partial charge in [0.1, 0.15) is 0 Å². The molecule has 0 aliphatic heterocycles. The highest BCUT2D eigenvalue weighted by Crippen LogP contribution is 2.29. The molecule has 1 unspecified atom stereocenters. The van der Waals surface area contributed by atoms with Crippen LogP contribution in [0.25, 0.3) is 0 Å². The highest BCUT2D eigenvalue weighted by atomic mass is 32.1. The first kappa shape index (κ1) is 17.0. The van der Waals surface area contributed by atoms with Crippen LogP contribution in [0.2, 0.25) is 0 Å². The molecule has 1 atom stereocenters. The summed E-state index contributed by atoms with van der Waals surface area (Å²) in [6.07, 6.45) is 5.18. The van der Waals surface area contributed by atoms with Crippen molar-refractivity contribution in [1.29, 1.82) is 0 Å². The van der Waals surface area contributed by atoms with Gasteiger partial charge in [0, 0.05) is 18.0 Å². The van der Waals surface area contributed by atoms with Gasteiger partial charge in [-0.15, -0.1) is 11.3 Å². The summed E-state index contributed by atoms with van der Waals surface area (Å²) in [6.45, 7) is 2.60. The van der Waals surface area contributed by atoms with Gasteiger partial charge in [0.15, 0.2) is 0 Å². The second-order valence-electron chi connectivity index (χ2n) is 5.87. The van der Waals surface area contributed by atoms with Gasteiger partial charge in [0.05, 0.1) is 11.4 Å². The second-order valence-corrected chi connectivity index (χ2v) is 7.01. The van der Waals surface area contributed by atoms with Crippen molar-refractivity contribution in [2.45, 2.75) is 39.0 Å². The van der Waals surface area contributed by atoms with E-state index in [-0.39, 0.29) is 30.9 Å². The van der Waals surface area contributed by atoms with Crippen molar-refractivity contribution in [3.63, 3.8) is 0 Å². The number of aryl methyl sites for hydroxylation is 2. The fourth-order valence-corrected chi connectivity index (χ4v) is 3.69. The lowest BCUT2D eigenvalue weighted by Crippen LogP contribution is -2.38. The molecule has 2 rings (SSSR count). The minimum atomic E-state index is -0.195. The van der Waals surface area contributed by atoms with Crippen LogP contribution in [0, 0.1) is 5.92 Å². The van der Waals surface area contributed by atoms with Gasteiger partial charge >= 0.3 is 0 Å². The largest absolute Gasteiger partial charge is 0.396 e. The molecular weight excluding hydrogens is 300 g/mol. The highest BCUT2D eigenvalue weighted by Gasteiger charge is 2.17. The summed E-state index contributed by atoms with van der Waals surface area (Å²) in [5.41, 5.74) is 1.30. The fraction of sp³-hybridized carbons (Fsp3) is 0.625. The number of carbonyl (C=O) groups excluding carboxylic acids is 2. The van der Waals surface area contributed by atoms with Crippen molar-refractivity contribution < 1.29 is 14.7 Å². The standard InChI is InChI=1S/C16H24N2O3S/c1-11(6-7-19)9-17-15(20)10-18-16(21)14-8-12-4-2-3-5-13(12)22-14/h8,11,19H,2-7,9-10H2,1H3,(H,17,20)(H,18,21). The molecule has 0 saturated heterocycles. The van der Waals surface area contributed by atoms with Crippen LogP contribution in [0.4, 0.5) is 0 Å². The maximum absolute atomic E-state index is 12.1. The van der Waals surface area contributed by atoms with Crippen molar-refractivity contribution in [2.24, 2.45) is 5.92 Å². The summed E-state index contributed by atoms with van der Waals surface area (Å²) in [6, 6.07) is 1.97. The number of aliphatic hydroxyl groups is 1. The molecule has 0 aromatic carbocycles. The predicted molar refractivity (Wildman–Crippen MR) is 87.2 cm³/mol. The minimum absolute atomic E-state index is 0.00670. The van der Waals surface area contributed by atoms with E-state index in [1.165, 1.54) is 23.3 Å². The number of nitrogens with one attached hydrogen (secondary N) is 2. The summed E-state index contributed by atoms with van der Waals surface area (Å²) in [5.74, 6) is -0.133. The molecule has 6 heteroatoms. The Kier molecular flexibility index (Phi) is 6.39. The molecule has 3 N–H and O–H groups in total. The lowest BCUT2D eigenvalue weighted by atomic mass is 9.99. The molecule has 22 heavy (non-hydrogen) atoms. The highest BCUT2D eigenvalue weighted by molar-refractivity contribution is 7.14. The summed E-state index contributed by atoms with van der Waals surface area (Å²) in [4.78, 5) is 25.8. The molecular formula is C16H24N2O3S. The van der Waals surface area contributed by atoms with Gasteiger partial charge in [-0.3, -0.25) is 9.59 Å². The molecule has 0 saturated carbocycles. The summed E-state index contributed by atoms with van der Waals surface area (Å²) in [5, 5.41) is 14.2. The Labute approximate surface area is 135 Å². The maximum Gasteiger partial charge on any atom is 0.261 e. The number of hydrogen-bond acceptors (Lipinski definition) is 4. The van der Waals surface area contributed by atoms with E-state index < -0.39 is 0 Å². The lowest BCUT2D eigenvalue weighted by molar-refractivity contribution is -0.120. The Hall–Kier alpha value is -1.40. The Morgan fingerprint density at radius 3 is 2.82 bits per heavy atom. The first-order valence-corrected chi connectivity index (χ1v) is 8.69. The van der Waals surface area contributed by atoms with E-state index in [4.69, 9.17) is 5.11 Å². The third kappa shape index (κ3) is 4.81. The molecule has 122 valence electrons. The van der Waals surface area contributed by atoms with Crippen LogP contribution in [-0.4, -0.2) is 36.6 Å². The first-order chi connectivity index (χ1) is 10.6. The zero-order valence-corrected chi connectivity index (χ0v) is 13.8. The summed E-state index contributed by atoms with van der Waals surface area (Å²) in [7, 11) is 0. The minimum Gasteiger partial charge on any atom is -0.396 e. The average Bonchev–Trinajstić information content (AvgIpc) is 2.95. The van der Waals surface area contributed by atoms with E-state index in [9.17, 15) is 9.59 Å². The number of thiophene rings is 1. The molecule has 1 aliphatic carbocycles. The van der Waals surface area contributed by atoms with Crippen molar-refractivity contribution in [3.05, 3.63) is 21.4 Å². The van der Waals surface area contributed by atoms with Gasteiger partial charge in [-0.1, -0.05) is 6.92 Å². The smallest absolute Gasteiger partial charge is 0.261 e. The fourth-order valence-electron chi connectivity index (χ4n) is 2.52. The van der Waals surface area contributed by atoms with E-state index >= 15 is 0 Å². The van der Waals surface area contributed by atoms with Crippen LogP contribution in [0.5, 0.6) is 0 Å². The Morgan fingerprint density at radius 1 is 1.32 bits per heavy atom. The van der Waals surface area contributed by atoms with Gasteiger partial charge in [-0.2, -0.15) is 0 Å². The first-order valence-electron chi connectivity index (χ1n) is 7.87. The van der Waals surface area contributed by atoms with E-state index in [0.717, 1.165) is 12.8 Å². The Bertz CT molecular complexity index is 504. The van der Waals surface area contributed by atoms with Crippen LogP contribution in [0.15, 0.2) is 6.07 Å².